The van der Waals surface area contributed by atoms with Crippen LogP contribution in [0, 0.1) is 26.7 Å². The van der Waals surface area contributed by atoms with Crippen molar-refractivity contribution in [1.29, 1.82) is 0 Å². The Labute approximate surface area is 128 Å². The molecule has 2 heterocycles. The Morgan fingerprint density at radius 1 is 1.29 bits per heavy atom. The molecule has 1 atom stereocenters. The van der Waals surface area contributed by atoms with E-state index in [1.807, 2.05) is 34.6 Å². The Morgan fingerprint density at radius 3 is 2.52 bits per heavy atom. The van der Waals surface area contributed by atoms with E-state index >= 15 is 0 Å². The number of aliphatic carboxylic acids is 1. The SMILES string of the molecule is Cc1nc(NC(CC(C)C)C(=O)O)c2c(C)c(C)sc2n1. The molecule has 6 heteroatoms. The van der Waals surface area contributed by atoms with Crippen LogP contribution in [0.5, 0.6) is 0 Å². The molecular formula is C15H21N3O2S. The first-order valence-electron chi connectivity index (χ1n) is 7.03. The van der Waals surface area contributed by atoms with Crippen molar-refractivity contribution in [3.05, 3.63) is 16.3 Å². The van der Waals surface area contributed by atoms with E-state index in [1.165, 1.54) is 4.88 Å². The van der Waals surface area contributed by atoms with Crippen molar-refractivity contribution < 1.29 is 9.90 Å². The third kappa shape index (κ3) is 3.32. The highest BCUT2D eigenvalue weighted by atomic mass is 32.1. The normalized spacial score (nSPS) is 12.9. The number of carboxylic acid groups (broad SMARTS) is 1. The number of aryl methyl sites for hydroxylation is 3. The Balaban J connectivity index is 2.47. The van der Waals surface area contributed by atoms with Crippen LogP contribution in [0.4, 0.5) is 5.82 Å². The van der Waals surface area contributed by atoms with Gasteiger partial charge in [0.25, 0.3) is 0 Å². The Bertz CT molecular complexity index is 679. The quantitative estimate of drug-likeness (QED) is 0.884. The molecule has 0 aromatic carbocycles. The Hall–Kier alpha value is -1.69. The molecule has 0 saturated heterocycles. The average Bonchev–Trinajstić information content (AvgIpc) is 2.63. The molecule has 0 fully saturated rings. The lowest BCUT2D eigenvalue weighted by Crippen LogP contribution is -2.31. The van der Waals surface area contributed by atoms with Crippen LogP contribution in [-0.2, 0) is 4.79 Å². The summed E-state index contributed by atoms with van der Waals surface area (Å²) in [7, 11) is 0. The number of carbonyl (C=O) groups is 1. The number of thiophene rings is 1. The van der Waals surface area contributed by atoms with Gasteiger partial charge in [0.1, 0.15) is 22.5 Å². The summed E-state index contributed by atoms with van der Waals surface area (Å²) in [6.45, 7) is 9.92. The second-order valence-electron chi connectivity index (χ2n) is 5.75. The van der Waals surface area contributed by atoms with Gasteiger partial charge >= 0.3 is 5.97 Å². The molecule has 0 saturated carbocycles. The lowest BCUT2D eigenvalue weighted by molar-refractivity contribution is -0.138. The Morgan fingerprint density at radius 2 is 1.95 bits per heavy atom. The van der Waals surface area contributed by atoms with Crippen molar-refractivity contribution in [1.82, 2.24) is 9.97 Å². The first kappa shape index (κ1) is 15.7. The average molecular weight is 307 g/mol. The van der Waals surface area contributed by atoms with Crippen LogP contribution in [0.25, 0.3) is 10.2 Å². The van der Waals surface area contributed by atoms with Crippen molar-refractivity contribution in [2.75, 3.05) is 5.32 Å². The number of hydrogen-bond donors (Lipinski definition) is 2. The lowest BCUT2D eigenvalue weighted by Gasteiger charge is -2.18. The van der Waals surface area contributed by atoms with Gasteiger partial charge in [-0.1, -0.05) is 13.8 Å². The summed E-state index contributed by atoms with van der Waals surface area (Å²) in [5.41, 5.74) is 1.12. The first-order chi connectivity index (χ1) is 9.79. The van der Waals surface area contributed by atoms with Crippen LogP contribution in [0.15, 0.2) is 0 Å². The fourth-order valence-electron chi connectivity index (χ4n) is 2.32. The number of rotatable bonds is 5. The highest BCUT2D eigenvalue weighted by Crippen LogP contribution is 2.33. The summed E-state index contributed by atoms with van der Waals surface area (Å²) in [6.07, 6.45) is 0.558. The zero-order chi connectivity index (χ0) is 15.7. The minimum Gasteiger partial charge on any atom is -0.480 e. The third-order valence-electron chi connectivity index (χ3n) is 3.46. The minimum absolute atomic E-state index is 0.294. The zero-order valence-corrected chi connectivity index (χ0v) is 13.8. The molecule has 0 aliphatic rings. The number of carboxylic acids is 1. The van der Waals surface area contributed by atoms with Crippen molar-refractivity contribution in [2.45, 2.75) is 47.1 Å². The highest BCUT2D eigenvalue weighted by Gasteiger charge is 2.22. The van der Waals surface area contributed by atoms with Gasteiger partial charge in [-0.2, -0.15) is 0 Å². The van der Waals surface area contributed by atoms with Crippen LogP contribution in [0.3, 0.4) is 0 Å². The molecule has 0 amide bonds. The number of aromatic nitrogens is 2. The molecule has 0 bridgehead atoms. The van der Waals surface area contributed by atoms with Gasteiger partial charge in [-0.25, -0.2) is 14.8 Å². The monoisotopic (exact) mass is 307 g/mol. The van der Waals surface area contributed by atoms with Crippen LogP contribution >= 0.6 is 11.3 Å². The molecular weight excluding hydrogens is 286 g/mol. The second-order valence-corrected chi connectivity index (χ2v) is 6.95. The Kier molecular flexibility index (Phi) is 4.46. The van der Waals surface area contributed by atoms with Gasteiger partial charge in [-0.3, -0.25) is 0 Å². The topological polar surface area (TPSA) is 75.1 Å². The molecule has 0 aliphatic heterocycles. The maximum atomic E-state index is 11.4. The standard InChI is InChI=1S/C15H21N3O2S/c1-7(2)6-11(15(19)20)18-13-12-8(3)9(4)21-14(12)17-10(5)16-13/h7,11H,6H2,1-5H3,(H,19,20)(H,16,17,18). The van der Waals surface area contributed by atoms with Gasteiger partial charge in [0.05, 0.1) is 5.39 Å². The number of hydrogen-bond acceptors (Lipinski definition) is 5. The maximum absolute atomic E-state index is 11.4. The molecule has 2 aromatic heterocycles. The molecule has 1 unspecified atom stereocenters. The zero-order valence-electron chi connectivity index (χ0n) is 13.0. The first-order valence-corrected chi connectivity index (χ1v) is 7.85. The predicted octanol–water partition coefficient (Wildman–Crippen LogP) is 3.53. The van der Waals surface area contributed by atoms with Gasteiger partial charge in [0.2, 0.25) is 0 Å². The van der Waals surface area contributed by atoms with Crippen LogP contribution < -0.4 is 5.32 Å². The van der Waals surface area contributed by atoms with Crippen LogP contribution in [0.1, 0.15) is 36.5 Å². The van der Waals surface area contributed by atoms with E-state index in [4.69, 9.17) is 0 Å². The predicted molar refractivity (Wildman–Crippen MR) is 86.1 cm³/mol. The van der Waals surface area contributed by atoms with Gasteiger partial charge in [-0.15, -0.1) is 11.3 Å². The summed E-state index contributed by atoms with van der Waals surface area (Å²) >= 11 is 1.62. The molecule has 2 rings (SSSR count). The van der Waals surface area contributed by atoms with E-state index in [-0.39, 0.29) is 0 Å². The minimum atomic E-state index is -0.849. The van der Waals surface area contributed by atoms with E-state index in [0.717, 1.165) is 15.8 Å². The molecule has 114 valence electrons. The molecule has 21 heavy (non-hydrogen) atoms. The lowest BCUT2D eigenvalue weighted by atomic mass is 10.0. The third-order valence-corrected chi connectivity index (χ3v) is 4.56. The van der Waals surface area contributed by atoms with E-state index in [1.54, 1.807) is 11.3 Å². The molecule has 2 N–H and O–H groups in total. The van der Waals surface area contributed by atoms with E-state index < -0.39 is 12.0 Å². The maximum Gasteiger partial charge on any atom is 0.326 e. The van der Waals surface area contributed by atoms with E-state index in [0.29, 0.717) is 24.0 Å². The molecule has 0 radical (unpaired) electrons. The second kappa shape index (κ2) is 5.97. The van der Waals surface area contributed by atoms with Crippen molar-refractivity contribution in [2.24, 2.45) is 5.92 Å². The van der Waals surface area contributed by atoms with Gasteiger partial charge in [0.15, 0.2) is 0 Å². The molecule has 0 aliphatic carbocycles. The van der Waals surface area contributed by atoms with Crippen LogP contribution in [0.2, 0.25) is 0 Å². The summed E-state index contributed by atoms with van der Waals surface area (Å²) < 4.78 is 0. The summed E-state index contributed by atoms with van der Waals surface area (Å²) in [4.78, 5) is 22.4. The van der Waals surface area contributed by atoms with Crippen LogP contribution in [-0.4, -0.2) is 27.1 Å². The molecule has 0 spiro atoms. The van der Waals surface area contributed by atoms with Crippen molar-refractivity contribution in [3.8, 4) is 0 Å². The van der Waals surface area contributed by atoms with E-state index in [2.05, 4.69) is 15.3 Å². The number of nitrogens with zero attached hydrogens (tertiary/aromatic N) is 2. The number of anilines is 1. The molecule has 2 aromatic rings. The van der Waals surface area contributed by atoms with Gasteiger partial charge < -0.3 is 10.4 Å². The fraction of sp³-hybridized carbons (Fsp3) is 0.533. The summed E-state index contributed by atoms with van der Waals surface area (Å²) in [5.74, 6) is 0.729. The summed E-state index contributed by atoms with van der Waals surface area (Å²) in [6, 6.07) is -0.637. The van der Waals surface area contributed by atoms with Gasteiger partial charge in [-0.05, 0) is 38.7 Å². The summed E-state index contributed by atoms with van der Waals surface area (Å²) in [5, 5.41) is 13.4. The largest absolute Gasteiger partial charge is 0.480 e. The van der Waals surface area contributed by atoms with Gasteiger partial charge in [0, 0.05) is 4.88 Å². The van der Waals surface area contributed by atoms with E-state index in [9.17, 15) is 9.90 Å². The number of fused-ring (bicyclic) bond motifs is 1. The number of nitrogens with one attached hydrogen (secondary N) is 1. The smallest absolute Gasteiger partial charge is 0.326 e. The highest BCUT2D eigenvalue weighted by molar-refractivity contribution is 7.18. The molecule has 5 nitrogen and oxygen atoms in total. The van der Waals surface area contributed by atoms with Crippen molar-refractivity contribution >= 4 is 33.3 Å². The fourth-order valence-corrected chi connectivity index (χ4v) is 3.39. The van der Waals surface area contributed by atoms with Crippen molar-refractivity contribution in [3.63, 3.8) is 0 Å².